The Kier molecular flexibility index (Phi) is 4.25. The second-order valence-corrected chi connectivity index (χ2v) is 4.87. The zero-order valence-corrected chi connectivity index (χ0v) is 11.2. The molecular formula is C13H15FN2OS. The highest BCUT2D eigenvalue weighted by atomic mass is 32.2. The van der Waals surface area contributed by atoms with Crippen molar-refractivity contribution in [1.29, 1.82) is 0 Å². The van der Waals surface area contributed by atoms with Crippen molar-refractivity contribution < 1.29 is 9.13 Å². The largest absolute Gasteiger partial charge is 0.472 e. The monoisotopic (exact) mass is 266 g/mol. The van der Waals surface area contributed by atoms with Crippen LogP contribution in [0.4, 0.5) is 4.39 Å². The van der Waals surface area contributed by atoms with Crippen LogP contribution < -0.4 is 4.74 Å². The van der Waals surface area contributed by atoms with Crippen molar-refractivity contribution in [3.05, 3.63) is 41.6 Å². The minimum atomic E-state index is -0.431. The van der Waals surface area contributed by atoms with Crippen molar-refractivity contribution in [2.75, 3.05) is 6.01 Å². The van der Waals surface area contributed by atoms with E-state index < -0.39 is 6.01 Å². The van der Waals surface area contributed by atoms with Gasteiger partial charge in [0, 0.05) is 29.8 Å². The molecule has 0 aliphatic carbocycles. The molecule has 96 valence electrons. The van der Waals surface area contributed by atoms with Gasteiger partial charge in [-0.05, 0) is 18.6 Å². The first-order chi connectivity index (χ1) is 8.70. The molecule has 0 unspecified atom stereocenters. The van der Waals surface area contributed by atoms with E-state index in [0.29, 0.717) is 12.5 Å². The summed E-state index contributed by atoms with van der Waals surface area (Å²) in [6.45, 7) is 2.41. The van der Waals surface area contributed by atoms with Gasteiger partial charge < -0.3 is 4.74 Å². The van der Waals surface area contributed by atoms with Gasteiger partial charge in [0.2, 0.25) is 5.88 Å². The second-order valence-electron chi connectivity index (χ2n) is 3.92. The molecule has 0 aliphatic heterocycles. The van der Waals surface area contributed by atoms with Gasteiger partial charge in [0.05, 0.1) is 0 Å². The van der Waals surface area contributed by atoms with E-state index in [1.807, 2.05) is 38.4 Å². The van der Waals surface area contributed by atoms with Crippen molar-refractivity contribution in [3.63, 3.8) is 0 Å². The number of halogens is 1. The van der Waals surface area contributed by atoms with Crippen LogP contribution in [-0.4, -0.2) is 15.8 Å². The highest BCUT2D eigenvalue weighted by Crippen LogP contribution is 2.26. The predicted molar refractivity (Wildman–Crippen MR) is 70.6 cm³/mol. The summed E-state index contributed by atoms with van der Waals surface area (Å²) in [5.41, 5.74) is 2.12. The Hall–Kier alpha value is -1.49. The van der Waals surface area contributed by atoms with Gasteiger partial charge in [-0.25, -0.2) is 4.39 Å². The standard InChI is InChI=1S/C13H15FN2OS/c1-10-4-3-5-12(18-9-14)11(10)8-17-13-6-7-16(2)15-13/h3-7H,8-9H2,1-2H3. The molecule has 0 spiro atoms. The van der Waals surface area contributed by atoms with Crippen molar-refractivity contribution in [2.24, 2.45) is 7.05 Å². The third kappa shape index (κ3) is 3.04. The fourth-order valence-electron chi connectivity index (χ4n) is 1.67. The lowest BCUT2D eigenvalue weighted by molar-refractivity contribution is 0.287. The number of nitrogens with zero attached hydrogens (tertiary/aromatic N) is 2. The first-order valence-corrected chi connectivity index (χ1v) is 6.59. The Morgan fingerprint density at radius 1 is 1.39 bits per heavy atom. The zero-order chi connectivity index (χ0) is 13.0. The van der Waals surface area contributed by atoms with Crippen LogP contribution in [0.25, 0.3) is 0 Å². The maximum absolute atomic E-state index is 12.5. The maximum Gasteiger partial charge on any atom is 0.233 e. The van der Waals surface area contributed by atoms with E-state index in [1.165, 1.54) is 11.8 Å². The molecule has 0 N–H and O–H groups in total. The number of hydrogen-bond acceptors (Lipinski definition) is 3. The number of thioether (sulfide) groups is 1. The number of rotatable bonds is 5. The number of ether oxygens (including phenoxy) is 1. The quantitative estimate of drug-likeness (QED) is 0.777. The van der Waals surface area contributed by atoms with Crippen molar-refractivity contribution >= 4 is 11.8 Å². The third-order valence-electron chi connectivity index (χ3n) is 2.63. The van der Waals surface area contributed by atoms with E-state index in [2.05, 4.69) is 5.10 Å². The van der Waals surface area contributed by atoms with Crippen molar-refractivity contribution in [2.45, 2.75) is 18.4 Å². The Morgan fingerprint density at radius 2 is 2.22 bits per heavy atom. The van der Waals surface area contributed by atoms with Gasteiger partial charge in [-0.2, -0.15) is 0 Å². The fourth-order valence-corrected chi connectivity index (χ4v) is 2.36. The first-order valence-electron chi connectivity index (χ1n) is 5.60. The fraction of sp³-hybridized carbons (Fsp3) is 0.308. The summed E-state index contributed by atoms with van der Waals surface area (Å²) in [7, 11) is 1.84. The van der Waals surface area contributed by atoms with Gasteiger partial charge in [0.15, 0.2) is 0 Å². The van der Waals surface area contributed by atoms with Crippen LogP contribution in [0.15, 0.2) is 35.4 Å². The molecule has 0 radical (unpaired) electrons. The minimum Gasteiger partial charge on any atom is -0.472 e. The van der Waals surface area contributed by atoms with Gasteiger partial charge in [0.1, 0.15) is 12.6 Å². The molecule has 0 saturated heterocycles. The van der Waals surface area contributed by atoms with Crippen LogP contribution in [0.1, 0.15) is 11.1 Å². The molecule has 2 rings (SSSR count). The normalized spacial score (nSPS) is 10.6. The topological polar surface area (TPSA) is 27.1 Å². The number of hydrogen-bond donors (Lipinski definition) is 0. The van der Waals surface area contributed by atoms with Gasteiger partial charge in [0.25, 0.3) is 0 Å². The van der Waals surface area contributed by atoms with Crippen LogP contribution in [0.5, 0.6) is 5.88 Å². The van der Waals surface area contributed by atoms with Crippen LogP contribution in [0.2, 0.25) is 0 Å². The predicted octanol–water partition coefficient (Wildman–Crippen LogP) is 3.33. The molecule has 0 amide bonds. The van der Waals surface area contributed by atoms with Crippen molar-refractivity contribution in [3.8, 4) is 5.88 Å². The molecule has 3 nitrogen and oxygen atoms in total. The summed E-state index contributed by atoms with van der Waals surface area (Å²) in [5.74, 6) is 0.581. The molecule has 2 aromatic rings. The summed E-state index contributed by atoms with van der Waals surface area (Å²) < 4.78 is 19.8. The molecule has 1 aromatic carbocycles. The number of aromatic nitrogens is 2. The van der Waals surface area contributed by atoms with E-state index in [0.717, 1.165) is 16.0 Å². The Labute approximate surface area is 110 Å². The highest BCUT2D eigenvalue weighted by molar-refractivity contribution is 7.99. The summed E-state index contributed by atoms with van der Waals surface area (Å²) in [6, 6.07) is 7.21. The molecular weight excluding hydrogens is 251 g/mol. The summed E-state index contributed by atoms with van der Waals surface area (Å²) >= 11 is 1.18. The molecule has 5 heteroatoms. The summed E-state index contributed by atoms with van der Waals surface area (Å²) in [5, 5.41) is 4.14. The van der Waals surface area contributed by atoms with Crippen LogP contribution in [-0.2, 0) is 13.7 Å². The molecule has 0 atom stereocenters. The summed E-state index contributed by atoms with van der Waals surface area (Å²) in [4.78, 5) is 0.924. The lowest BCUT2D eigenvalue weighted by Gasteiger charge is -2.11. The second kappa shape index (κ2) is 5.91. The van der Waals surface area contributed by atoms with E-state index >= 15 is 0 Å². The number of benzene rings is 1. The SMILES string of the molecule is Cc1cccc(SCF)c1COc1ccn(C)n1. The van der Waals surface area contributed by atoms with Gasteiger partial charge >= 0.3 is 0 Å². The van der Waals surface area contributed by atoms with Crippen LogP contribution in [0.3, 0.4) is 0 Å². The van der Waals surface area contributed by atoms with E-state index in [9.17, 15) is 4.39 Å². The van der Waals surface area contributed by atoms with Gasteiger partial charge in [-0.1, -0.05) is 23.9 Å². The number of aryl methyl sites for hydroxylation is 2. The first kappa shape index (κ1) is 13.0. The van der Waals surface area contributed by atoms with E-state index in [-0.39, 0.29) is 0 Å². The highest BCUT2D eigenvalue weighted by Gasteiger charge is 2.08. The molecule has 1 aromatic heterocycles. The lowest BCUT2D eigenvalue weighted by atomic mass is 10.1. The average molecular weight is 266 g/mol. The van der Waals surface area contributed by atoms with Gasteiger partial charge in [-0.3, -0.25) is 4.68 Å². The van der Waals surface area contributed by atoms with Gasteiger partial charge in [-0.15, -0.1) is 5.10 Å². The zero-order valence-electron chi connectivity index (χ0n) is 10.4. The molecule has 0 aliphatic rings. The Morgan fingerprint density at radius 3 is 2.89 bits per heavy atom. The Bertz CT molecular complexity index is 527. The van der Waals surface area contributed by atoms with Crippen molar-refractivity contribution in [1.82, 2.24) is 9.78 Å². The van der Waals surface area contributed by atoms with E-state index in [4.69, 9.17) is 4.74 Å². The molecule has 0 saturated carbocycles. The minimum absolute atomic E-state index is 0.409. The number of alkyl halides is 1. The summed E-state index contributed by atoms with van der Waals surface area (Å²) in [6.07, 6.45) is 1.82. The smallest absolute Gasteiger partial charge is 0.233 e. The molecule has 0 fully saturated rings. The molecule has 1 heterocycles. The molecule has 0 bridgehead atoms. The molecule has 18 heavy (non-hydrogen) atoms. The Balaban J connectivity index is 2.12. The van der Waals surface area contributed by atoms with Crippen LogP contribution in [0, 0.1) is 6.92 Å². The maximum atomic E-state index is 12.5. The third-order valence-corrected chi connectivity index (χ3v) is 3.43. The van der Waals surface area contributed by atoms with E-state index in [1.54, 1.807) is 10.7 Å². The lowest BCUT2D eigenvalue weighted by Crippen LogP contribution is -2.01. The average Bonchev–Trinajstić information content (AvgIpc) is 2.75. The van der Waals surface area contributed by atoms with Crippen LogP contribution >= 0.6 is 11.8 Å².